The second kappa shape index (κ2) is 6.13. The van der Waals surface area contributed by atoms with Crippen LogP contribution in [0.3, 0.4) is 0 Å². The molecule has 1 saturated heterocycles. The minimum Gasteiger partial charge on any atom is -0.460 e. The molecule has 4 heteroatoms. The number of nitriles is 1. The summed E-state index contributed by atoms with van der Waals surface area (Å²) < 4.78 is 5.92. The van der Waals surface area contributed by atoms with Crippen molar-refractivity contribution in [2.24, 2.45) is 11.7 Å². The van der Waals surface area contributed by atoms with Gasteiger partial charge >= 0.3 is 0 Å². The van der Waals surface area contributed by atoms with Gasteiger partial charge in [-0.1, -0.05) is 12.1 Å². The number of nitrogens with two attached hydrogens (primary N) is 1. The van der Waals surface area contributed by atoms with E-state index in [9.17, 15) is 0 Å². The first-order chi connectivity index (χ1) is 10.3. The summed E-state index contributed by atoms with van der Waals surface area (Å²) in [7, 11) is 0. The lowest BCUT2D eigenvalue weighted by atomic mass is 10.1. The molecule has 3 rings (SSSR count). The SMILES string of the molecule is N#Cc1ccccc1-c1ccc(CN2CC[C@@H](CN)C2)o1. The van der Waals surface area contributed by atoms with Crippen LogP contribution in [0.25, 0.3) is 11.3 Å². The minimum absolute atomic E-state index is 0.610. The van der Waals surface area contributed by atoms with Crippen LogP contribution < -0.4 is 5.73 Å². The van der Waals surface area contributed by atoms with Gasteiger partial charge in [-0.25, -0.2) is 0 Å². The van der Waals surface area contributed by atoms with E-state index in [1.807, 2.05) is 36.4 Å². The van der Waals surface area contributed by atoms with Crippen LogP contribution in [-0.4, -0.2) is 24.5 Å². The summed E-state index contributed by atoms with van der Waals surface area (Å²) >= 11 is 0. The lowest BCUT2D eigenvalue weighted by Crippen LogP contribution is -2.22. The summed E-state index contributed by atoms with van der Waals surface area (Å²) in [5.74, 6) is 2.31. The monoisotopic (exact) mass is 281 g/mol. The molecule has 0 bridgehead atoms. The fourth-order valence-corrected chi connectivity index (χ4v) is 2.87. The predicted octanol–water partition coefficient (Wildman–Crippen LogP) is 2.60. The van der Waals surface area contributed by atoms with Crippen molar-refractivity contribution < 1.29 is 4.42 Å². The van der Waals surface area contributed by atoms with Crippen LogP contribution in [0, 0.1) is 17.2 Å². The molecule has 1 aromatic carbocycles. The highest BCUT2D eigenvalue weighted by Crippen LogP contribution is 2.26. The number of rotatable bonds is 4. The van der Waals surface area contributed by atoms with Crippen molar-refractivity contribution in [1.29, 1.82) is 5.26 Å². The molecule has 108 valence electrons. The second-order valence-corrected chi connectivity index (χ2v) is 5.55. The van der Waals surface area contributed by atoms with Crippen LogP contribution in [-0.2, 0) is 6.54 Å². The van der Waals surface area contributed by atoms with E-state index >= 15 is 0 Å². The first-order valence-electron chi connectivity index (χ1n) is 7.31. The van der Waals surface area contributed by atoms with Gasteiger partial charge in [0.2, 0.25) is 0 Å². The number of hydrogen-bond acceptors (Lipinski definition) is 4. The van der Waals surface area contributed by atoms with Crippen LogP contribution in [0.2, 0.25) is 0 Å². The van der Waals surface area contributed by atoms with Crippen LogP contribution in [0.15, 0.2) is 40.8 Å². The van der Waals surface area contributed by atoms with Gasteiger partial charge in [0.1, 0.15) is 11.5 Å². The number of hydrogen-bond donors (Lipinski definition) is 1. The van der Waals surface area contributed by atoms with Crippen LogP contribution >= 0.6 is 0 Å². The molecule has 0 unspecified atom stereocenters. The van der Waals surface area contributed by atoms with Crippen LogP contribution in [0.1, 0.15) is 17.7 Å². The van der Waals surface area contributed by atoms with Crippen molar-refractivity contribution in [3.05, 3.63) is 47.7 Å². The quantitative estimate of drug-likeness (QED) is 0.935. The fourth-order valence-electron chi connectivity index (χ4n) is 2.87. The molecule has 0 spiro atoms. The molecule has 2 aromatic rings. The Morgan fingerprint density at radius 2 is 2.14 bits per heavy atom. The molecule has 0 aliphatic carbocycles. The maximum Gasteiger partial charge on any atom is 0.135 e. The Labute approximate surface area is 124 Å². The van der Waals surface area contributed by atoms with Crippen molar-refractivity contribution in [2.45, 2.75) is 13.0 Å². The van der Waals surface area contributed by atoms with Gasteiger partial charge in [0, 0.05) is 12.1 Å². The van der Waals surface area contributed by atoms with Crippen LogP contribution in [0.5, 0.6) is 0 Å². The number of furan rings is 1. The number of benzene rings is 1. The Morgan fingerprint density at radius 1 is 1.29 bits per heavy atom. The van der Waals surface area contributed by atoms with E-state index in [0.717, 1.165) is 43.3 Å². The lowest BCUT2D eigenvalue weighted by molar-refractivity contribution is 0.289. The third-order valence-corrected chi connectivity index (χ3v) is 4.06. The van der Waals surface area contributed by atoms with E-state index in [4.69, 9.17) is 15.4 Å². The second-order valence-electron chi connectivity index (χ2n) is 5.55. The molecule has 2 heterocycles. The van der Waals surface area contributed by atoms with Gasteiger partial charge in [0.05, 0.1) is 18.2 Å². The van der Waals surface area contributed by atoms with Gasteiger partial charge in [-0.3, -0.25) is 4.90 Å². The Bertz CT molecular complexity index is 656. The average molecular weight is 281 g/mol. The molecule has 1 aromatic heterocycles. The van der Waals surface area contributed by atoms with Crippen molar-refractivity contribution in [2.75, 3.05) is 19.6 Å². The highest BCUT2D eigenvalue weighted by molar-refractivity contribution is 5.66. The Hall–Kier alpha value is -2.09. The van der Waals surface area contributed by atoms with Gasteiger partial charge in [-0.2, -0.15) is 5.26 Å². The summed E-state index contributed by atoms with van der Waals surface area (Å²) in [5.41, 5.74) is 7.22. The zero-order valence-electron chi connectivity index (χ0n) is 12.0. The molecule has 0 amide bonds. The minimum atomic E-state index is 0.610. The van der Waals surface area contributed by atoms with Gasteiger partial charge in [0.25, 0.3) is 0 Å². The van der Waals surface area contributed by atoms with E-state index in [0.29, 0.717) is 11.5 Å². The highest BCUT2D eigenvalue weighted by atomic mass is 16.3. The third-order valence-electron chi connectivity index (χ3n) is 4.06. The molecule has 21 heavy (non-hydrogen) atoms. The van der Waals surface area contributed by atoms with Crippen LogP contribution in [0.4, 0.5) is 0 Å². The largest absolute Gasteiger partial charge is 0.460 e. The van der Waals surface area contributed by atoms with Crippen molar-refractivity contribution in [3.8, 4) is 17.4 Å². The summed E-state index contributed by atoms with van der Waals surface area (Å²) in [6, 6.07) is 13.7. The van der Waals surface area contributed by atoms with Crippen molar-refractivity contribution >= 4 is 0 Å². The van der Waals surface area contributed by atoms with Gasteiger partial charge in [-0.05, 0) is 49.7 Å². The predicted molar refractivity (Wildman–Crippen MR) is 81.3 cm³/mol. The van der Waals surface area contributed by atoms with Gasteiger partial charge in [0.15, 0.2) is 0 Å². The fraction of sp³-hybridized carbons (Fsp3) is 0.353. The summed E-state index contributed by atoms with van der Waals surface area (Å²) in [6.07, 6.45) is 1.17. The maximum atomic E-state index is 9.16. The molecular formula is C17H19N3O. The van der Waals surface area contributed by atoms with Gasteiger partial charge < -0.3 is 10.2 Å². The summed E-state index contributed by atoms with van der Waals surface area (Å²) in [5, 5.41) is 9.16. The Balaban J connectivity index is 1.74. The van der Waals surface area contributed by atoms with E-state index in [2.05, 4.69) is 11.0 Å². The molecule has 1 aliphatic rings. The zero-order chi connectivity index (χ0) is 14.7. The molecule has 0 saturated carbocycles. The van der Waals surface area contributed by atoms with E-state index < -0.39 is 0 Å². The normalized spacial score (nSPS) is 18.8. The summed E-state index contributed by atoms with van der Waals surface area (Å²) in [4.78, 5) is 2.37. The van der Waals surface area contributed by atoms with Gasteiger partial charge in [-0.15, -0.1) is 0 Å². The first kappa shape index (κ1) is 13.9. The van der Waals surface area contributed by atoms with E-state index in [-0.39, 0.29) is 0 Å². The smallest absolute Gasteiger partial charge is 0.135 e. The third kappa shape index (κ3) is 2.99. The standard InChI is InChI=1S/C17H19N3O/c18-9-13-7-8-20(11-13)12-15-5-6-17(21-15)16-4-2-1-3-14(16)10-19/h1-6,13H,7-9,11-12,18H2/t13-/m0/s1. The van der Waals surface area contributed by atoms with Crippen molar-refractivity contribution in [1.82, 2.24) is 4.90 Å². The topological polar surface area (TPSA) is 66.2 Å². The Kier molecular flexibility index (Phi) is 4.05. The van der Waals surface area contributed by atoms with E-state index in [1.165, 1.54) is 6.42 Å². The molecule has 2 N–H and O–H groups in total. The number of likely N-dealkylation sites (tertiary alicyclic amines) is 1. The molecule has 4 nitrogen and oxygen atoms in total. The molecular weight excluding hydrogens is 262 g/mol. The molecule has 1 fully saturated rings. The lowest BCUT2D eigenvalue weighted by Gasteiger charge is -2.13. The average Bonchev–Trinajstić information content (AvgIpc) is 3.17. The Morgan fingerprint density at radius 3 is 2.90 bits per heavy atom. The molecule has 1 atom stereocenters. The summed E-state index contributed by atoms with van der Waals surface area (Å²) in [6.45, 7) is 3.69. The highest BCUT2D eigenvalue weighted by Gasteiger charge is 2.22. The zero-order valence-corrected chi connectivity index (χ0v) is 12.0. The number of nitrogens with zero attached hydrogens (tertiary/aromatic N) is 2. The molecule has 0 radical (unpaired) electrons. The molecule has 1 aliphatic heterocycles. The maximum absolute atomic E-state index is 9.16. The first-order valence-corrected chi connectivity index (χ1v) is 7.31. The van der Waals surface area contributed by atoms with E-state index in [1.54, 1.807) is 0 Å². The van der Waals surface area contributed by atoms with Crippen molar-refractivity contribution in [3.63, 3.8) is 0 Å².